The van der Waals surface area contributed by atoms with Gasteiger partial charge in [-0.1, -0.05) is 25.1 Å². The molecule has 1 unspecified atom stereocenters. The molecule has 0 fully saturated rings. The van der Waals surface area contributed by atoms with Crippen molar-refractivity contribution in [2.45, 2.75) is 26.2 Å². The second kappa shape index (κ2) is 6.39. The molecule has 110 valence electrons. The normalized spacial score (nSPS) is 12.0. The van der Waals surface area contributed by atoms with E-state index >= 15 is 0 Å². The van der Waals surface area contributed by atoms with E-state index in [1.807, 2.05) is 38.1 Å². The van der Waals surface area contributed by atoms with Gasteiger partial charge < -0.3 is 11.1 Å². The second-order valence-corrected chi connectivity index (χ2v) is 5.28. The number of anilines is 2. The molecule has 0 aliphatic rings. The van der Waals surface area contributed by atoms with E-state index in [9.17, 15) is 9.18 Å². The molecular formula is C17H19FN2O. The molecular weight excluding hydrogens is 267 g/mol. The number of carbonyl (C=O) groups is 1. The minimum atomic E-state index is -0.359. The van der Waals surface area contributed by atoms with E-state index in [4.69, 9.17) is 5.73 Å². The molecule has 4 heteroatoms. The maximum atomic E-state index is 13.2. The zero-order chi connectivity index (χ0) is 15.4. The third-order valence-electron chi connectivity index (χ3n) is 3.47. The van der Waals surface area contributed by atoms with E-state index < -0.39 is 0 Å². The number of nitrogens with one attached hydrogen (secondary N) is 1. The first-order chi connectivity index (χ1) is 9.95. The van der Waals surface area contributed by atoms with E-state index in [0.29, 0.717) is 17.8 Å². The minimum Gasteiger partial charge on any atom is -0.399 e. The molecule has 0 aliphatic heterocycles. The number of carbonyl (C=O) groups excluding carboxylic acids is 1. The maximum Gasteiger partial charge on any atom is 0.224 e. The van der Waals surface area contributed by atoms with Gasteiger partial charge in [-0.05, 0) is 48.2 Å². The van der Waals surface area contributed by atoms with Crippen LogP contribution >= 0.6 is 0 Å². The van der Waals surface area contributed by atoms with Crippen LogP contribution in [0.1, 0.15) is 30.4 Å². The lowest BCUT2D eigenvalue weighted by molar-refractivity contribution is -0.116. The summed E-state index contributed by atoms with van der Waals surface area (Å²) in [7, 11) is 0. The van der Waals surface area contributed by atoms with Crippen LogP contribution in [0, 0.1) is 12.7 Å². The molecule has 0 radical (unpaired) electrons. The van der Waals surface area contributed by atoms with E-state index in [1.165, 1.54) is 12.1 Å². The fraction of sp³-hybridized carbons (Fsp3) is 0.235. The van der Waals surface area contributed by atoms with Gasteiger partial charge in [0.25, 0.3) is 0 Å². The van der Waals surface area contributed by atoms with Gasteiger partial charge in [-0.3, -0.25) is 4.79 Å². The van der Waals surface area contributed by atoms with Crippen molar-refractivity contribution in [2.24, 2.45) is 0 Å². The zero-order valence-electron chi connectivity index (χ0n) is 12.2. The number of benzene rings is 2. The summed E-state index contributed by atoms with van der Waals surface area (Å²) >= 11 is 0. The molecule has 3 nitrogen and oxygen atoms in total. The Kier molecular flexibility index (Phi) is 4.58. The fourth-order valence-corrected chi connectivity index (χ4v) is 2.15. The molecule has 1 atom stereocenters. The molecule has 0 aliphatic carbocycles. The molecule has 0 aromatic heterocycles. The summed E-state index contributed by atoms with van der Waals surface area (Å²) in [5.41, 5.74) is 8.75. The van der Waals surface area contributed by atoms with Crippen LogP contribution in [0.3, 0.4) is 0 Å². The lowest BCUT2D eigenvalue weighted by atomic mass is 9.97. The van der Waals surface area contributed by atoms with Gasteiger partial charge in [-0.2, -0.15) is 0 Å². The Morgan fingerprint density at radius 2 is 1.90 bits per heavy atom. The topological polar surface area (TPSA) is 55.1 Å². The van der Waals surface area contributed by atoms with E-state index in [2.05, 4.69) is 5.32 Å². The molecule has 0 bridgehead atoms. The average Bonchev–Trinajstić information content (AvgIpc) is 2.43. The van der Waals surface area contributed by atoms with E-state index in [1.54, 1.807) is 6.07 Å². The van der Waals surface area contributed by atoms with Crippen molar-refractivity contribution < 1.29 is 9.18 Å². The van der Waals surface area contributed by atoms with Crippen molar-refractivity contribution >= 4 is 17.3 Å². The van der Waals surface area contributed by atoms with Gasteiger partial charge in [0, 0.05) is 17.8 Å². The lowest BCUT2D eigenvalue weighted by Crippen LogP contribution is -2.15. The molecule has 1 amide bonds. The van der Waals surface area contributed by atoms with Gasteiger partial charge in [0.15, 0.2) is 0 Å². The summed E-state index contributed by atoms with van der Waals surface area (Å²) in [6.45, 7) is 3.81. The number of halogens is 1. The Hall–Kier alpha value is -2.36. The summed E-state index contributed by atoms with van der Waals surface area (Å²) in [6, 6.07) is 11.8. The third kappa shape index (κ3) is 4.05. The molecule has 0 saturated carbocycles. The van der Waals surface area contributed by atoms with Crippen LogP contribution < -0.4 is 11.1 Å². The molecule has 0 heterocycles. The Morgan fingerprint density at radius 3 is 2.57 bits per heavy atom. The molecule has 0 saturated heterocycles. The van der Waals surface area contributed by atoms with Crippen LogP contribution in [0.15, 0.2) is 42.5 Å². The highest BCUT2D eigenvalue weighted by Gasteiger charge is 2.12. The quantitative estimate of drug-likeness (QED) is 0.839. The summed E-state index contributed by atoms with van der Waals surface area (Å²) in [5, 5.41) is 2.76. The third-order valence-corrected chi connectivity index (χ3v) is 3.47. The molecule has 2 aromatic carbocycles. The SMILES string of the molecule is Cc1ccc(F)cc1NC(=O)CC(C)c1ccc(N)cc1. The van der Waals surface area contributed by atoms with Crippen LogP contribution in [-0.2, 0) is 4.79 Å². The Morgan fingerprint density at radius 1 is 1.24 bits per heavy atom. The first-order valence-corrected chi connectivity index (χ1v) is 6.87. The lowest BCUT2D eigenvalue weighted by Gasteiger charge is -2.13. The smallest absolute Gasteiger partial charge is 0.224 e. The maximum absolute atomic E-state index is 13.2. The van der Waals surface area contributed by atoms with Crippen LogP contribution in [-0.4, -0.2) is 5.91 Å². The van der Waals surface area contributed by atoms with Gasteiger partial charge in [0.05, 0.1) is 0 Å². The van der Waals surface area contributed by atoms with Gasteiger partial charge in [0.2, 0.25) is 5.91 Å². The highest BCUT2D eigenvalue weighted by molar-refractivity contribution is 5.91. The van der Waals surface area contributed by atoms with Gasteiger partial charge in [-0.25, -0.2) is 4.39 Å². The number of amides is 1. The Labute approximate surface area is 124 Å². The van der Waals surface area contributed by atoms with Gasteiger partial charge >= 0.3 is 0 Å². The minimum absolute atomic E-state index is 0.0689. The molecule has 21 heavy (non-hydrogen) atoms. The number of hydrogen-bond acceptors (Lipinski definition) is 2. The number of nitrogens with two attached hydrogens (primary N) is 1. The number of aryl methyl sites for hydroxylation is 1. The van der Waals surface area contributed by atoms with E-state index in [-0.39, 0.29) is 17.6 Å². The summed E-state index contributed by atoms with van der Waals surface area (Å²) < 4.78 is 13.2. The van der Waals surface area contributed by atoms with Gasteiger partial charge in [0.1, 0.15) is 5.82 Å². The average molecular weight is 286 g/mol. The van der Waals surface area contributed by atoms with Crippen molar-refractivity contribution in [3.8, 4) is 0 Å². The van der Waals surface area contributed by atoms with Crippen LogP contribution in [0.5, 0.6) is 0 Å². The predicted octanol–water partition coefficient (Wildman–Crippen LogP) is 3.85. The van der Waals surface area contributed by atoms with Crippen molar-refractivity contribution in [3.63, 3.8) is 0 Å². The molecule has 2 aromatic rings. The van der Waals surface area contributed by atoms with Crippen molar-refractivity contribution in [1.29, 1.82) is 0 Å². The molecule has 0 spiro atoms. The molecule has 2 rings (SSSR count). The highest BCUT2D eigenvalue weighted by Crippen LogP contribution is 2.22. The van der Waals surface area contributed by atoms with Crippen molar-refractivity contribution in [2.75, 3.05) is 11.1 Å². The Bertz CT molecular complexity index is 638. The monoisotopic (exact) mass is 286 g/mol. The summed E-state index contributed by atoms with van der Waals surface area (Å²) in [4.78, 5) is 12.1. The predicted molar refractivity (Wildman–Crippen MR) is 83.7 cm³/mol. The van der Waals surface area contributed by atoms with E-state index in [0.717, 1.165) is 11.1 Å². The van der Waals surface area contributed by atoms with Crippen molar-refractivity contribution in [1.82, 2.24) is 0 Å². The van der Waals surface area contributed by atoms with Crippen molar-refractivity contribution in [3.05, 3.63) is 59.4 Å². The number of rotatable bonds is 4. The Balaban J connectivity index is 2.01. The van der Waals surface area contributed by atoms with Crippen LogP contribution in [0.2, 0.25) is 0 Å². The largest absolute Gasteiger partial charge is 0.399 e. The first-order valence-electron chi connectivity index (χ1n) is 6.87. The zero-order valence-corrected chi connectivity index (χ0v) is 12.2. The summed E-state index contributed by atoms with van der Waals surface area (Å²) in [6.07, 6.45) is 0.333. The standard InChI is InChI=1S/C17H19FN2O/c1-11-3-6-14(18)10-16(11)20-17(21)9-12(2)13-4-7-15(19)8-5-13/h3-8,10,12H,9,19H2,1-2H3,(H,20,21). The number of hydrogen-bond donors (Lipinski definition) is 2. The summed E-state index contributed by atoms with van der Waals surface area (Å²) in [5.74, 6) is -0.421. The molecule has 3 N–H and O–H groups in total. The van der Waals surface area contributed by atoms with Gasteiger partial charge in [-0.15, -0.1) is 0 Å². The second-order valence-electron chi connectivity index (χ2n) is 5.28. The first kappa shape index (κ1) is 15.0. The number of nitrogen functional groups attached to an aromatic ring is 1. The van der Waals surface area contributed by atoms with Crippen LogP contribution in [0.25, 0.3) is 0 Å². The van der Waals surface area contributed by atoms with Crippen LogP contribution in [0.4, 0.5) is 15.8 Å². The highest BCUT2D eigenvalue weighted by atomic mass is 19.1. The fourth-order valence-electron chi connectivity index (χ4n) is 2.15.